The minimum absolute atomic E-state index is 0.353. The Morgan fingerprint density at radius 1 is 1.06 bits per heavy atom. The van der Waals surface area contributed by atoms with Crippen molar-refractivity contribution in [2.24, 2.45) is 0 Å². The number of fused-ring (bicyclic) bond motifs is 3. The van der Waals surface area contributed by atoms with Crippen molar-refractivity contribution >= 4 is 10.9 Å². The van der Waals surface area contributed by atoms with E-state index in [1.54, 1.807) is 0 Å². The van der Waals surface area contributed by atoms with E-state index in [0.717, 1.165) is 17.3 Å². The van der Waals surface area contributed by atoms with E-state index in [-0.39, 0.29) is 0 Å². The number of halogens is 2. The van der Waals surface area contributed by atoms with E-state index in [4.69, 9.17) is 4.74 Å². The van der Waals surface area contributed by atoms with Crippen LogP contribution in [0.15, 0.2) is 12.1 Å². The number of nitrogens with one attached hydrogen (secondary N) is 1. The molecule has 0 radical (unpaired) electrons. The summed E-state index contributed by atoms with van der Waals surface area (Å²) in [7, 11) is 0. The van der Waals surface area contributed by atoms with Crippen molar-refractivity contribution in [3.63, 3.8) is 0 Å². The van der Waals surface area contributed by atoms with Crippen molar-refractivity contribution in [1.82, 2.24) is 4.98 Å². The van der Waals surface area contributed by atoms with Crippen molar-refractivity contribution in [2.75, 3.05) is 0 Å². The molecule has 0 amide bonds. The zero-order chi connectivity index (χ0) is 13.3. The first-order valence-corrected chi connectivity index (χ1v) is 5.94. The highest BCUT2D eigenvalue weighted by Crippen LogP contribution is 2.49. The minimum Gasteiger partial charge on any atom is -0.359 e. The fraction of sp³-hybridized carbons (Fsp3) is 0.429. The molecule has 0 spiro atoms. The lowest BCUT2D eigenvalue weighted by Crippen LogP contribution is -2.23. The summed E-state index contributed by atoms with van der Waals surface area (Å²) >= 11 is 0. The second kappa shape index (κ2) is 3.12. The van der Waals surface area contributed by atoms with E-state index < -0.39 is 22.8 Å². The maximum atomic E-state index is 13.8. The van der Waals surface area contributed by atoms with Gasteiger partial charge < -0.3 is 9.72 Å². The number of hydrogen-bond acceptors (Lipinski definition) is 1. The first kappa shape index (κ1) is 11.7. The second-order valence-corrected chi connectivity index (χ2v) is 5.81. The second-order valence-electron chi connectivity index (χ2n) is 5.81. The summed E-state index contributed by atoms with van der Waals surface area (Å²) in [6.07, 6.45) is 0. The normalized spacial score (nSPS) is 20.3. The fourth-order valence-electron chi connectivity index (χ4n) is 3.04. The van der Waals surface area contributed by atoms with Crippen molar-refractivity contribution < 1.29 is 13.5 Å². The highest BCUT2D eigenvalue weighted by molar-refractivity contribution is 5.87. The van der Waals surface area contributed by atoms with Crippen LogP contribution in [0.25, 0.3) is 10.9 Å². The van der Waals surface area contributed by atoms with Gasteiger partial charge in [0.15, 0.2) is 0 Å². The summed E-state index contributed by atoms with van der Waals surface area (Å²) in [6, 6.07) is 2.26. The standard InChI is InChI=1S/C14H15F2NO/c1-13(2)10-8-5-7(15)6-9(16)11(8)17-12(10)14(3,4)18-13/h5-6,17H,1-4H3. The highest BCUT2D eigenvalue weighted by Gasteiger charge is 2.46. The van der Waals surface area contributed by atoms with Crippen LogP contribution in [0.5, 0.6) is 0 Å². The molecule has 0 atom stereocenters. The van der Waals surface area contributed by atoms with Gasteiger partial charge in [-0.3, -0.25) is 0 Å². The Morgan fingerprint density at radius 3 is 2.39 bits per heavy atom. The molecule has 0 aliphatic carbocycles. The molecule has 0 fully saturated rings. The fourth-order valence-corrected chi connectivity index (χ4v) is 3.04. The Balaban J connectivity index is 2.46. The number of benzene rings is 1. The van der Waals surface area contributed by atoms with Gasteiger partial charge in [-0.1, -0.05) is 0 Å². The molecule has 1 aliphatic heterocycles. The van der Waals surface area contributed by atoms with Crippen LogP contribution in [0.4, 0.5) is 8.78 Å². The summed E-state index contributed by atoms with van der Waals surface area (Å²) in [4.78, 5) is 3.05. The molecule has 2 heterocycles. The molecule has 96 valence electrons. The molecule has 2 aromatic rings. The monoisotopic (exact) mass is 251 g/mol. The van der Waals surface area contributed by atoms with Gasteiger partial charge in [-0.15, -0.1) is 0 Å². The Kier molecular flexibility index (Phi) is 2.02. The van der Waals surface area contributed by atoms with Crippen LogP contribution in [0.3, 0.4) is 0 Å². The van der Waals surface area contributed by atoms with Crippen molar-refractivity contribution in [1.29, 1.82) is 0 Å². The third-order valence-electron chi connectivity index (χ3n) is 3.54. The molecule has 1 aromatic carbocycles. The van der Waals surface area contributed by atoms with Crippen LogP contribution in [-0.4, -0.2) is 4.98 Å². The lowest BCUT2D eigenvalue weighted by molar-refractivity contribution is -0.106. The molecule has 1 aromatic heterocycles. The van der Waals surface area contributed by atoms with Crippen molar-refractivity contribution in [3.8, 4) is 0 Å². The average Bonchev–Trinajstić information content (AvgIpc) is 2.63. The quantitative estimate of drug-likeness (QED) is 0.753. The number of aromatic amines is 1. The van der Waals surface area contributed by atoms with E-state index in [9.17, 15) is 8.78 Å². The van der Waals surface area contributed by atoms with Crippen LogP contribution in [0.2, 0.25) is 0 Å². The van der Waals surface area contributed by atoms with Gasteiger partial charge in [0, 0.05) is 17.0 Å². The van der Waals surface area contributed by atoms with E-state index in [1.807, 2.05) is 27.7 Å². The predicted octanol–water partition coefficient (Wildman–Crippen LogP) is 3.95. The molecule has 0 unspecified atom stereocenters. The lowest BCUT2D eigenvalue weighted by atomic mass is 9.94. The third kappa shape index (κ3) is 1.35. The molecular weight excluding hydrogens is 236 g/mol. The van der Waals surface area contributed by atoms with Gasteiger partial charge in [-0.2, -0.15) is 0 Å². The van der Waals surface area contributed by atoms with Gasteiger partial charge in [0.1, 0.15) is 17.2 Å². The molecular formula is C14H15F2NO. The van der Waals surface area contributed by atoms with Gasteiger partial charge in [0.25, 0.3) is 0 Å². The molecule has 18 heavy (non-hydrogen) atoms. The Labute approximate surface area is 104 Å². The van der Waals surface area contributed by atoms with E-state index in [0.29, 0.717) is 10.9 Å². The van der Waals surface area contributed by atoms with E-state index in [2.05, 4.69) is 4.98 Å². The Hall–Kier alpha value is -1.42. The first-order chi connectivity index (χ1) is 8.22. The molecule has 1 aliphatic rings. The van der Waals surface area contributed by atoms with Gasteiger partial charge in [0.05, 0.1) is 16.8 Å². The zero-order valence-electron chi connectivity index (χ0n) is 10.8. The molecule has 0 saturated carbocycles. The number of hydrogen-bond donors (Lipinski definition) is 1. The van der Waals surface area contributed by atoms with Crippen LogP contribution >= 0.6 is 0 Å². The summed E-state index contributed by atoms with van der Waals surface area (Å²) in [5.41, 5.74) is 0.941. The zero-order valence-corrected chi connectivity index (χ0v) is 10.8. The van der Waals surface area contributed by atoms with Gasteiger partial charge in [-0.05, 0) is 33.8 Å². The van der Waals surface area contributed by atoms with Crippen LogP contribution in [-0.2, 0) is 15.9 Å². The Morgan fingerprint density at radius 2 is 1.72 bits per heavy atom. The smallest absolute Gasteiger partial charge is 0.150 e. The molecule has 4 heteroatoms. The number of ether oxygens (including phenoxy) is 1. The summed E-state index contributed by atoms with van der Waals surface area (Å²) in [5, 5.41) is 0.568. The first-order valence-electron chi connectivity index (χ1n) is 5.94. The average molecular weight is 251 g/mol. The largest absolute Gasteiger partial charge is 0.359 e. The van der Waals surface area contributed by atoms with Crippen LogP contribution < -0.4 is 0 Å². The minimum atomic E-state index is -0.567. The highest BCUT2D eigenvalue weighted by atomic mass is 19.1. The Bertz CT molecular complexity index is 655. The van der Waals surface area contributed by atoms with Gasteiger partial charge in [0.2, 0.25) is 0 Å². The van der Waals surface area contributed by atoms with Crippen LogP contribution in [0, 0.1) is 11.6 Å². The molecule has 2 nitrogen and oxygen atoms in total. The summed E-state index contributed by atoms with van der Waals surface area (Å²) < 4.78 is 33.1. The van der Waals surface area contributed by atoms with Crippen LogP contribution in [0.1, 0.15) is 39.0 Å². The van der Waals surface area contributed by atoms with E-state index >= 15 is 0 Å². The predicted molar refractivity (Wildman–Crippen MR) is 65.4 cm³/mol. The number of H-pyrrole nitrogens is 1. The van der Waals surface area contributed by atoms with Gasteiger partial charge in [-0.25, -0.2) is 8.78 Å². The maximum Gasteiger partial charge on any atom is 0.150 e. The molecule has 0 saturated heterocycles. The number of rotatable bonds is 0. The molecule has 1 N–H and O–H groups in total. The topological polar surface area (TPSA) is 25.0 Å². The summed E-state index contributed by atoms with van der Waals surface area (Å²) in [5.74, 6) is -1.13. The van der Waals surface area contributed by atoms with Gasteiger partial charge >= 0.3 is 0 Å². The lowest BCUT2D eigenvalue weighted by Gasteiger charge is -2.25. The SMILES string of the molecule is CC1(C)OC(C)(C)c2c1[nH]c1c(F)cc(F)cc21. The van der Waals surface area contributed by atoms with Crippen molar-refractivity contribution in [2.45, 2.75) is 38.9 Å². The third-order valence-corrected chi connectivity index (χ3v) is 3.54. The maximum absolute atomic E-state index is 13.8. The molecule has 0 bridgehead atoms. The van der Waals surface area contributed by atoms with E-state index in [1.165, 1.54) is 6.07 Å². The van der Waals surface area contributed by atoms with Crippen molar-refractivity contribution in [3.05, 3.63) is 35.0 Å². The number of aromatic nitrogens is 1. The molecule has 3 rings (SSSR count). The summed E-state index contributed by atoms with van der Waals surface area (Å²) in [6.45, 7) is 7.67.